The summed E-state index contributed by atoms with van der Waals surface area (Å²) in [4.78, 5) is 12.9. The minimum Gasteiger partial charge on any atom is -0.493 e. The SMILES string of the molecule is COc1cc(/C=C/C(=O)c2cc(OC)c(OCc3ccco3)c(OC)c2)cc(OC)c1OC. The Morgan fingerprint density at radius 1 is 0.818 bits per heavy atom. The Kier molecular flexibility index (Phi) is 7.86. The maximum atomic E-state index is 12.9. The van der Waals surface area contributed by atoms with Crippen LogP contribution in [0.2, 0.25) is 0 Å². The van der Waals surface area contributed by atoms with Crippen molar-refractivity contribution in [3.63, 3.8) is 0 Å². The van der Waals surface area contributed by atoms with Gasteiger partial charge in [0.2, 0.25) is 11.5 Å². The predicted molar refractivity (Wildman–Crippen MR) is 122 cm³/mol. The van der Waals surface area contributed by atoms with Crippen molar-refractivity contribution in [2.75, 3.05) is 35.5 Å². The summed E-state index contributed by atoms with van der Waals surface area (Å²) in [6.45, 7) is 0.189. The number of hydrogen-bond acceptors (Lipinski definition) is 8. The first-order valence-corrected chi connectivity index (χ1v) is 9.98. The number of carbonyl (C=O) groups excluding carboxylic acids is 1. The number of allylic oxidation sites excluding steroid dienone is 1. The van der Waals surface area contributed by atoms with Gasteiger partial charge in [-0.25, -0.2) is 0 Å². The molecule has 0 radical (unpaired) electrons. The zero-order valence-electron chi connectivity index (χ0n) is 19.2. The molecule has 1 aromatic heterocycles. The lowest BCUT2D eigenvalue weighted by molar-refractivity contribution is 0.104. The van der Waals surface area contributed by atoms with Gasteiger partial charge in [-0.05, 0) is 48.0 Å². The average Bonchev–Trinajstić information content (AvgIpc) is 3.38. The van der Waals surface area contributed by atoms with Crippen LogP contribution in [-0.4, -0.2) is 41.3 Å². The Morgan fingerprint density at radius 2 is 1.39 bits per heavy atom. The van der Waals surface area contributed by atoms with Crippen molar-refractivity contribution in [1.82, 2.24) is 0 Å². The fourth-order valence-corrected chi connectivity index (χ4v) is 3.17. The number of ether oxygens (including phenoxy) is 6. The minimum absolute atomic E-state index is 0.189. The van der Waals surface area contributed by atoms with E-state index in [1.807, 2.05) is 0 Å². The van der Waals surface area contributed by atoms with E-state index in [0.29, 0.717) is 51.4 Å². The van der Waals surface area contributed by atoms with E-state index in [1.54, 1.807) is 48.7 Å². The molecule has 0 N–H and O–H groups in total. The molecule has 0 saturated carbocycles. The molecular formula is C25H26O8. The van der Waals surface area contributed by atoms with Gasteiger partial charge in [0.25, 0.3) is 0 Å². The zero-order chi connectivity index (χ0) is 23.8. The molecule has 174 valence electrons. The van der Waals surface area contributed by atoms with Crippen LogP contribution >= 0.6 is 0 Å². The van der Waals surface area contributed by atoms with Crippen LogP contribution in [0, 0.1) is 0 Å². The van der Waals surface area contributed by atoms with E-state index in [0.717, 1.165) is 0 Å². The molecule has 1 heterocycles. The van der Waals surface area contributed by atoms with Crippen molar-refractivity contribution >= 4 is 11.9 Å². The number of furan rings is 1. The van der Waals surface area contributed by atoms with E-state index in [9.17, 15) is 4.79 Å². The predicted octanol–water partition coefficient (Wildman–Crippen LogP) is 4.80. The van der Waals surface area contributed by atoms with Crippen LogP contribution in [0.25, 0.3) is 6.08 Å². The van der Waals surface area contributed by atoms with Gasteiger partial charge in [0.05, 0.1) is 41.8 Å². The zero-order valence-corrected chi connectivity index (χ0v) is 19.2. The summed E-state index contributed by atoms with van der Waals surface area (Å²) < 4.78 is 38.0. The van der Waals surface area contributed by atoms with E-state index in [2.05, 4.69) is 0 Å². The van der Waals surface area contributed by atoms with Gasteiger partial charge < -0.3 is 32.8 Å². The topological polar surface area (TPSA) is 85.6 Å². The van der Waals surface area contributed by atoms with E-state index in [-0.39, 0.29) is 12.4 Å². The van der Waals surface area contributed by atoms with Crippen molar-refractivity contribution < 1.29 is 37.6 Å². The van der Waals surface area contributed by atoms with E-state index >= 15 is 0 Å². The average molecular weight is 454 g/mol. The summed E-state index contributed by atoms with van der Waals surface area (Å²) >= 11 is 0. The lowest BCUT2D eigenvalue weighted by atomic mass is 10.1. The second-order valence-corrected chi connectivity index (χ2v) is 6.73. The molecule has 0 spiro atoms. The van der Waals surface area contributed by atoms with Crippen molar-refractivity contribution in [3.05, 3.63) is 65.6 Å². The van der Waals surface area contributed by atoms with Crippen molar-refractivity contribution in [2.24, 2.45) is 0 Å². The molecule has 0 aliphatic rings. The molecule has 0 fully saturated rings. The molecule has 0 atom stereocenters. The maximum Gasteiger partial charge on any atom is 0.204 e. The molecule has 0 aliphatic carbocycles. The Hall–Kier alpha value is -4.07. The molecule has 0 aliphatic heterocycles. The first-order valence-electron chi connectivity index (χ1n) is 9.98. The van der Waals surface area contributed by atoms with Gasteiger partial charge in [-0.3, -0.25) is 4.79 Å². The van der Waals surface area contributed by atoms with Crippen molar-refractivity contribution in [2.45, 2.75) is 6.61 Å². The fraction of sp³-hybridized carbons (Fsp3) is 0.240. The maximum absolute atomic E-state index is 12.9. The van der Waals surface area contributed by atoms with Crippen LogP contribution in [-0.2, 0) is 6.61 Å². The quantitative estimate of drug-likeness (QED) is 0.302. The molecule has 0 bridgehead atoms. The van der Waals surface area contributed by atoms with Crippen LogP contribution in [0.15, 0.2) is 53.2 Å². The van der Waals surface area contributed by atoms with Crippen LogP contribution in [0.3, 0.4) is 0 Å². The first-order chi connectivity index (χ1) is 16.0. The van der Waals surface area contributed by atoms with E-state index < -0.39 is 0 Å². The smallest absolute Gasteiger partial charge is 0.204 e. The summed E-state index contributed by atoms with van der Waals surface area (Å²) in [7, 11) is 7.58. The van der Waals surface area contributed by atoms with Gasteiger partial charge in [0, 0.05) is 5.56 Å². The van der Waals surface area contributed by atoms with Gasteiger partial charge in [0.15, 0.2) is 28.8 Å². The number of methoxy groups -OCH3 is 5. The Balaban J connectivity index is 1.87. The summed E-state index contributed by atoms with van der Waals surface area (Å²) in [5.41, 5.74) is 1.08. The fourth-order valence-electron chi connectivity index (χ4n) is 3.17. The standard InChI is InChI=1S/C25H26O8/c1-27-20-11-16(12-21(28-2)24(20)31-5)8-9-19(26)17-13-22(29-3)25(23(14-17)30-4)33-15-18-7-6-10-32-18/h6-14H,15H2,1-5H3/b9-8+. The summed E-state index contributed by atoms with van der Waals surface area (Å²) in [5, 5.41) is 0. The second kappa shape index (κ2) is 11.0. The normalized spacial score (nSPS) is 10.7. The van der Waals surface area contributed by atoms with Crippen LogP contribution in [0.4, 0.5) is 0 Å². The van der Waals surface area contributed by atoms with Gasteiger partial charge in [-0.1, -0.05) is 6.08 Å². The lowest BCUT2D eigenvalue weighted by Crippen LogP contribution is -2.03. The highest BCUT2D eigenvalue weighted by Gasteiger charge is 2.18. The van der Waals surface area contributed by atoms with Crippen molar-refractivity contribution in [1.29, 1.82) is 0 Å². The first kappa shape index (κ1) is 23.6. The highest BCUT2D eigenvalue weighted by Crippen LogP contribution is 2.40. The highest BCUT2D eigenvalue weighted by molar-refractivity contribution is 6.07. The molecule has 0 amide bonds. The number of rotatable bonds is 11. The second-order valence-electron chi connectivity index (χ2n) is 6.73. The molecule has 3 rings (SSSR count). The Labute approximate surface area is 192 Å². The van der Waals surface area contributed by atoms with Gasteiger partial charge in [0.1, 0.15) is 12.4 Å². The molecule has 2 aromatic carbocycles. The molecule has 33 heavy (non-hydrogen) atoms. The number of carbonyl (C=O) groups is 1. The van der Waals surface area contributed by atoms with E-state index in [4.69, 9.17) is 32.8 Å². The number of ketones is 1. The lowest BCUT2D eigenvalue weighted by Gasteiger charge is -2.15. The number of hydrogen-bond donors (Lipinski definition) is 0. The monoisotopic (exact) mass is 454 g/mol. The highest BCUT2D eigenvalue weighted by atomic mass is 16.5. The van der Waals surface area contributed by atoms with Crippen LogP contribution < -0.4 is 28.4 Å². The Morgan fingerprint density at radius 3 is 1.88 bits per heavy atom. The summed E-state index contributed by atoms with van der Waals surface area (Å²) in [6, 6.07) is 10.3. The third-order valence-electron chi connectivity index (χ3n) is 4.80. The third kappa shape index (κ3) is 5.41. The molecule has 3 aromatic rings. The molecule has 0 saturated heterocycles. The van der Waals surface area contributed by atoms with Gasteiger partial charge in [-0.15, -0.1) is 0 Å². The Bertz CT molecular complexity index is 1070. The van der Waals surface area contributed by atoms with E-state index in [1.165, 1.54) is 41.6 Å². The molecular weight excluding hydrogens is 428 g/mol. The summed E-state index contributed by atoms with van der Waals surface area (Å²) in [6.07, 6.45) is 4.67. The largest absolute Gasteiger partial charge is 0.493 e. The summed E-state index contributed by atoms with van der Waals surface area (Å²) in [5.74, 6) is 2.96. The number of benzene rings is 2. The van der Waals surface area contributed by atoms with Crippen LogP contribution in [0.1, 0.15) is 21.7 Å². The van der Waals surface area contributed by atoms with Crippen molar-refractivity contribution in [3.8, 4) is 34.5 Å². The van der Waals surface area contributed by atoms with Gasteiger partial charge in [-0.2, -0.15) is 0 Å². The van der Waals surface area contributed by atoms with Crippen LogP contribution in [0.5, 0.6) is 34.5 Å². The molecule has 0 unspecified atom stereocenters. The minimum atomic E-state index is -0.252. The third-order valence-corrected chi connectivity index (χ3v) is 4.80. The molecule has 8 nitrogen and oxygen atoms in total. The van der Waals surface area contributed by atoms with Gasteiger partial charge >= 0.3 is 0 Å². The molecule has 8 heteroatoms.